The monoisotopic (exact) mass is 401 g/mol. The number of hydrogen-bond acceptors (Lipinski definition) is 4. The highest BCUT2D eigenvalue weighted by atomic mass is 32.2. The second-order valence-electron chi connectivity index (χ2n) is 7.44. The summed E-state index contributed by atoms with van der Waals surface area (Å²) >= 11 is 1.89. The molecule has 2 N–H and O–H groups in total. The fourth-order valence-electron chi connectivity index (χ4n) is 3.73. The second-order valence-corrected chi connectivity index (χ2v) is 8.67. The van der Waals surface area contributed by atoms with Crippen LogP contribution in [0.5, 0.6) is 0 Å². The first-order chi connectivity index (χ1) is 13.6. The third kappa shape index (κ3) is 5.77. The SMILES string of the molecule is Cc1c(NCC(=O)NCCC2=CCCCC2)cccc1C(=O)N1CCSCC1. The summed E-state index contributed by atoms with van der Waals surface area (Å²) in [5.74, 6) is 2.08. The first-order valence-corrected chi connectivity index (χ1v) is 11.5. The van der Waals surface area contributed by atoms with Crippen molar-refractivity contribution >= 4 is 29.3 Å². The molecule has 3 rings (SSSR count). The quantitative estimate of drug-likeness (QED) is 0.686. The van der Waals surface area contributed by atoms with Gasteiger partial charge < -0.3 is 15.5 Å². The number of hydrogen-bond donors (Lipinski definition) is 2. The van der Waals surface area contributed by atoms with Crippen molar-refractivity contribution in [3.8, 4) is 0 Å². The lowest BCUT2D eigenvalue weighted by molar-refractivity contribution is -0.119. The van der Waals surface area contributed by atoms with Crippen molar-refractivity contribution in [3.05, 3.63) is 41.0 Å². The van der Waals surface area contributed by atoms with Crippen LogP contribution in [0.4, 0.5) is 5.69 Å². The molecule has 152 valence electrons. The maximum atomic E-state index is 12.8. The van der Waals surface area contributed by atoms with Gasteiger partial charge in [-0.05, 0) is 56.7 Å². The van der Waals surface area contributed by atoms with Crippen LogP contribution >= 0.6 is 11.8 Å². The Morgan fingerprint density at radius 2 is 2.00 bits per heavy atom. The lowest BCUT2D eigenvalue weighted by atomic mass is 9.97. The zero-order valence-electron chi connectivity index (χ0n) is 16.8. The Bertz CT molecular complexity index is 726. The average Bonchev–Trinajstić information content (AvgIpc) is 2.74. The smallest absolute Gasteiger partial charge is 0.254 e. The number of amides is 2. The Labute approximate surface area is 172 Å². The molecule has 6 heteroatoms. The van der Waals surface area contributed by atoms with E-state index >= 15 is 0 Å². The first-order valence-electron chi connectivity index (χ1n) is 10.3. The van der Waals surface area contributed by atoms with E-state index in [9.17, 15) is 9.59 Å². The van der Waals surface area contributed by atoms with E-state index in [0.717, 1.165) is 47.8 Å². The third-order valence-electron chi connectivity index (χ3n) is 5.46. The standard InChI is InChI=1S/C22H31N3O2S/c1-17-19(22(27)25-12-14-28-15-13-25)8-5-9-20(17)24-16-21(26)23-11-10-18-6-3-2-4-7-18/h5-6,8-9,24H,2-4,7,10-16H2,1H3,(H,23,26). The second kappa shape index (κ2) is 10.6. The maximum absolute atomic E-state index is 12.8. The molecule has 0 aromatic heterocycles. The minimum Gasteiger partial charge on any atom is -0.376 e. The van der Waals surface area contributed by atoms with Gasteiger partial charge >= 0.3 is 0 Å². The number of benzene rings is 1. The molecular formula is C22H31N3O2S. The van der Waals surface area contributed by atoms with Gasteiger partial charge in [0.25, 0.3) is 5.91 Å². The molecule has 0 bridgehead atoms. The molecule has 1 aliphatic carbocycles. The molecule has 1 aliphatic heterocycles. The van der Waals surface area contributed by atoms with E-state index in [4.69, 9.17) is 0 Å². The van der Waals surface area contributed by atoms with E-state index in [1.54, 1.807) is 0 Å². The van der Waals surface area contributed by atoms with E-state index in [1.807, 2.05) is 41.8 Å². The number of carbonyl (C=O) groups is 2. The fourth-order valence-corrected chi connectivity index (χ4v) is 4.63. The van der Waals surface area contributed by atoms with E-state index < -0.39 is 0 Å². The van der Waals surface area contributed by atoms with Crippen LogP contribution in [0.2, 0.25) is 0 Å². The maximum Gasteiger partial charge on any atom is 0.254 e. The van der Waals surface area contributed by atoms with Crippen molar-refractivity contribution in [2.45, 2.75) is 39.0 Å². The predicted molar refractivity (Wildman–Crippen MR) is 117 cm³/mol. The molecule has 0 saturated carbocycles. The third-order valence-corrected chi connectivity index (χ3v) is 6.40. The summed E-state index contributed by atoms with van der Waals surface area (Å²) in [7, 11) is 0. The Morgan fingerprint density at radius 3 is 2.75 bits per heavy atom. The van der Waals surface area contributed by atoms with Crippen molar-refractivity contribution in [2.24, 2.45) is 0 Å². The topological polar surface area (TPSA) is 61.4 Å². The summed E-state index contributed by atoms with van der Waals surface area (Å²) in [6.07, 6.45) is 8.17. The first kappa shape index (κ1) is 20.8. The lowest BCUT2D eigenvalue weighted by Gasteiger charge is -2.27. The van der Waals surface area contributed by atoms with Gasteiger partial charge in [0.1, 0.15) is 0 Å². The van der Waals surface area contributed by atoms with E-state index in [1.165, 1.54) is 31.3 Å². The lowest BCUT2D eigenvalue weighted by Crippen LogP contribution is -2.38. The highest BCUT2D eigenvalue weighted by Crippen LogP contribution is 2.22. The Hall–Kier alpha value is -1.95. The number of nitrogens with one attached hydrogen (secondary N) is 2. The number of thioether (sulfide) groups is 1. The summed E-state index contributed by atoms with van der Waals surface area (Å²) in [5, 5.41) is 6.19. The molecule has 1 aromatic rings. The molecule has 0 spiro atoms. The highest BCUT2D eigenvalue weighted by molar-refractivity contribution is 7.99. The Balaban J connectivity index is 1.49. The van der Waals surface area contributed by atoms with Crippen LogP contribution < -0.4 is 10.6 Å². The summed E-state index contributed by atoms with van der Waals surface area (Å²) in [4.78, 5) is 26.9. The molecule has 2 amide bonds. The van der Waals surface area contributed by atoms with Crippen LogP contribution in [0.25, 0.3) is 0 Å². The van der Waals surface area contributed by atoms with E-state index in [2.05, 4.69) is 16.7 Å². The Kier molecular flexibility index (Phi) is 7.83. The largest absolute Gasteiger partial charge is 0.376 e. The van der Waals surface area contributed by atoms with Gasteiger partial charge in [0.2, 0.25) is 5.91 Å². The number of allylic oxidation sites excluding steroid dienone is 1. The minimum absolute atomic E-state index is 0.0133. The van der Waals surface area contributed by atoms with Gasteiger partial charge in [0, 0.05) is 42.4 Å². The van der Waals surface area contributed by atoms with Crippen molar-refractivity contribution < 1.29 is 9.59 Å². The number of nitrogens with zero attached hydrogens (tertiary/aromatic N) is 1. The van der Waals surface area contributed by atoms with Crippen molar-refractivity contribution in [1.82, 2.24) is 10.2 Å². The fraction of sp³-hybridized carbons (Fsp3) is 0.545. The molecule has 1 heterocycles. The summed E-state index contributed by atoms with van der Waals surface area (Å²) in [6.45, 7) is 4.47. The zero-order chi connectivity index (χ0) is 19.8. The molecule has 0 radical (unpaired) electrons. The molecule has 28 heavy (non-hydrogen) atoms. The molecule has 1 saturated heterocycles. The summed E-state index contributed by atoms with van der Waals surface area (Å²) in [5.41, 5.74) is 3.95. The molecule has 1 fully saturated rings. The number of anilines is 1. The van der Waals surface area contributed by atoms with Crippen LogP contribution in [0.3, 0.4) is 0 Å². The van der Waals surface area contributed by atoms with Gasteiger partial charge in [-0.25, -0.2) is 0 Å². The van der Waals surface area contributed by atoms with Crippen LogP contribution in [0.15, 0.2) is 29.8 Å². The van der Waals surface area contributed by atoms with Gasteiger partial charge in [-0.15, -0.1) is 0 Å². The molecule has 0 atom stereocenters. The van der Waals surface area contributed by atoms with Crippen molar-refractivity contribution in [2.75, 3.05) is 43.0 Å². The van der Waals surface area contributed by atoms with Crippen LogP contribution in [-0.2, 0) is 4.79 Å². The zero-order valence-corrected chi connectivity index (χ0v) is 17.6. The summed E-state index contributed by atoms with van der Waals surface area (Å²) < 4.78 is 0. The average molecular weight is 402 g/mol. The molecule has 0 unspecified atom stereocenters. The number of carbonyl (C=O) groups excluding carboxylic acids is 2. The normalized spacial score (nSPS) is 17.0. The number of rotatable bonds is 7. The molecule has 2 aliphatic rings. The molecule has 5 nitrogen and oxygen atoms in total. The van der Waals surface area contributed by atoms with Crippen molar-refractivity contribution in [1.29, 1.82) is 0 Å². The minimum atomic E-state index is -0.0133. The van der Waals surface area contributed by atoms with Gasteiger partial charge in [-0.3, -0.25) is 9.59 Å². The van der Waals surface area contributed by atoms with Gasteiger partial charge in [0.15, 0.2) is 0 Å². The van der Waals surface area contributed by atoms with Crippen LogP contribution in [-0.4, -0.2) is 54.4 Å². The molecule has 1 aromatic carbocycles. The Morgan fingerprint density at radius 1 is 1.18 bits per heavy atom. The summed E-state index contributed by atoms with van der Waals surface area (Å²) in [6, 6.07) is 5.69. The van der Waals surface area contributed by atoms with Gasteiger partial charge in [-0.2, -0.15) is 11.8 Å². The molecular weight excluding hydrogens is 370 g/mol. The van der Waals surface area contributed by atoms with Gasteiger partial charge in [-0.1, -0.05) is 17.7 Å². The van der Waals surface area contributed by atoms with Crippen molar-refractivity contribution in [3.63, 3.8) is 0 Å². The van der Waals surface area contributed by atoms with E-state index in [0.29, 0.717) is 6.54 Å². The van der Waals surface area contributed by atoms with Gasteiger partial charge in [0.05, 0.1) is 6.54 Å². The van der Waals surface area contributed by atoms with E-state index in [-0.39, 0.29) is 18.4 Å². The van der Waals surface area contributed by atoms with Crippen LogP contribution in [0, 0.1) is 6.92 Å². The highest BCUT2D eigenvalue weighted by Gasteiger charge is 2.20. The van der Waals surface area contributed by atoms with Crippen LogP contribution in [0.1, 0.15) is 48.0 Å². The predicted octanol–water partition coefficient (Wildman–Crippen LogP) is 3.60.